The molecule has 0 heterocycles. The van der Waals surface area contributed by atoms with Crippen LogP contribution in [0, 0.1) is 6.92 Å². The van der Waals surface area contributed by atoms with E-state index < -0.39 is 20.7 Å². The van der Waals surface area contributed by atoms with E-state index in [4.69, 9.17) is 0 Å². The van der Waals surface area contributed by atoms with E-state index in [9.17, 15) is 13.2 Å². The standard InChI is InChI=1S/C16H21NO3S/c1-3-16(9-10-16)21(19,20)17-15(18)14-8-7-11(2)12-5-4-6-13(12)14/h7-8H,3-6,9-10H2,1-2H3,(H,17,18). The molecule has 2 aliphatic carbocycles. The highest BCUT2D eigenvalue weighted by Crippen LogP contribution is 2.45. The third-order valence-electron chi connectivity index (χ3n) is 5.01. The Labute approximate surface area is 126 Å². The Hall–Kier alpha value is -1.36. The average Bonchev–Trinajstić information content (AvgIpc) is 3.10. The fourth-order valence-corrected chi connectivity index (χ4v) is 4.93. The van der Waals surface area contributed by atoms with Gasteiger partial charge in [0, 0.05) is 5.56 Å². The SMILES string of the molecule is CCC1(S(=O)(=O)NC(=O)c2ccc(C)c3c2CCC3)CC1. The number of carbonyl (C=O) groups is 1. The van der Waals surface area contributed by atoms with Crippen LogP contribution in [0.25, 0.3) is 0 Å². The van der Waals surface area contributed by atoms with Crippen molar-refractivity contribution in [2.45, 2.75) is 57.1 Å². The number of fused-ring (bicyclic) bond motifs is 1. The van der Waals surface area contributed by atoms with E-state index in [1.165, 1.54) is 11.1 Å². The molecule has 114 valence electrons. The molecule has 1 amide bonds. The summed E-state index contributed by atoms with van der Waals surface area (Å²) in [5, 5.41) is 0. The number of hydrogen-bond donors (Lipinski definition) is 1. The minimum atomic E-state index is -3.57. The zero-order chi connectivity index (χ0) is 15.3. The summed E-state index contributed by atoms with van der Waals surface area (Å²) in [5.41, 5.74) is 3.97. The van der Waals surface area contributed by atoms with Crippen molar-refractivity contribution in [2.75, 3.05) is 0 Å². The van der Waals surface area contributed by atoms with E-state index in [-0.39, 0.29) is 0 Å². The van der Waals surface area contributed by atoms with Gasteiger partial charge in [-0.05, 0) is 68.2 Å². The molecule has 2 aliphatic rings. The highest BCUT2D eigenvalue weighted by molar-refractivity contribution is 7.91. The van der Waals surface area contributed by atoms with Crippen LogP contribution >= 0.6 is 0 Å². The molecule has 0 spiro atoms. The Bertz CT molecular complexity index is 702. The number of carbonyl (C=O) groups excluding carboxylic acids is 1. The molecule has 0 bridgehead atoms. The van der Waals surface area contributed by atoms with Crippen molar-refractivity contribution >= 4 is 15.9 Å². The van der Waals surface area contributed by atoms with Crippen molar-refractivity contribution in [3.05, 3.63) is 34.4 Å². The van der Waals surface area contributed by atoms with Gasteiger partial charge >= 0.3 is 0 Å². The van der Waals surface area contributed by atoms with Gasteiger partial charge in [-0.25, -0.2) is 13.1 Å². The average molecular weight is 307 g/mol. The maximum atomic E-state index is 12.4. The van der Waals surface area contributed by atoms with E-state index in [0.717, 1.165) is 24.8 Å². The molecule has 0 atom stereocenters. The second kappa shape index (κ2) is 4.83. The lowest BCUT2D eigenvalue weighted by Gasteiger charge is -2.16. The van der Waals surface area contributed by atoms with Crippen molar-refractivity contribution in [1.29, 1.82) is 0 Å². The molecule has 1 saturated carbocycles. The molecule has 0 aromatic heterocycles. The molecule has 1 N–H and O–H groups in total. The third kappa shape index (κ3) is 2.27. The predicted molar refractivity (Wildman–Crippen MR) is 81.8 cm³/mol. The van der Waals surface area contributed by atoms with Gasteiger partial charge in [0.15, 0.2) is 0 Å². The van der Waals surface area contributed by atoms with Gasteiger partial charge in [-0.15, -0.1) is 0 Å². The summed E-state index contributed by atoms with van der Waals surface area (Å²) < 4.78 is 26.3. The van der Waals surface area contributed by atoms with Crippen LogP contribution in [0.3, 0.4) is 0 Å². The summed E-state index contributed by atoms with van der Waals surface area (Å²) in [7, 11) is -3.57. The number of amides is 1. The zero-order valence-electron chi connectivity index (χ0n) is 12.5. The lowest BCUT2D eigenvalue weighted by atomic mass is 9.99. The second-order valence-corrected chi connectivity index (χ2v) is 8.29. The summed E-state index contributed by atoms with van der Waals surface area (Å²) in [6, 6.07) is 3.67. The number of nitrogens with one attached hydrogen (secondary N) is 1. The van der Waals surface area contributed by atoms with Gasteiger partial charge in [-0.2, -0.15) is 0 Å². The molecule has 0 saturated heterocycles. The maximum Gasteiger partial charge on any atom is 0.265 e. The molecule has 21 heavy (non-hydrogen) atoms. The van der Waals surface area contributed by atoms with E-state index >= 15 is 0 Å². The zero-order valence-corrected chi connectivity index (χ0v) is 13.3. The van der Waals surface area contributed by atoms with Gasteiger partial charge in [0.2, 0.25) is 10.0 Å². The second-order valence-electron chi connectivity index (χ2n) is 6.21. The molecule has 4 nitrogen and oxygen atoms in total. The fourth-order valence-electron chi connectivity index (χ4n) is 3.34. The molecule has 1 fully saturated rings. The summed E-state index contributed by atoms with van der Waals surface area (Å²) in [4.78, 5) is 12.4. The van der Waals surface area contributed by atoms with Crippen LogP contribution in [0.4, 0.5) is 0 Å². The number of sulfonamides is 1. The van der Waals surface area contributed by atoms with Gasteiger partial charge < -0.3 is 0 Å². The topological polar surface area (TPSA) is 63.2 Å². The van der Waals surface area contributed by atoms with E-state index in [2.05, 4.69) is 4.72 Å². The Morgan fingerprint density at radius 1 is 1.24 bits per heavy atom. The van der Waals surface area contributed by atoms with Crippen LogP contribution in [0.5, 0.6) is 0 Å². The third-order valence-corrected chi connectivity index (χ3v) is 7.30. The van der Waals surface area contributed by atoms with Crippen molar-refractivity contribution in [3.8, 4) is 0 Å². The van der Waals surface area contributed by atoms with Crippen molar-refractivity contribution in [1.82, 2.24) is 4.72 Å². The molecule has 5 heteroatoms. The first-order valence-electron chi connectivity index (χ1n) is 7.58. The summed E-state index contributed by atoms with van der Waals surface area (Å²) >= 11 is 0. The van der Waals surface area contributed by atoms with Crippen molar-refractivity contribution < 1.29 is 13.2 Å². The summed E-state index contributed by atoms with van der Waals surface area (Å²) in [5.74, 6) is -0.465. The fraction of sp³-hybridized carbons (Fsp3) is 0.562. The van der Waals surface area contributed by atoms with E-state index in [1.807, 2.05) is 19.9 Å². The van der Waals surface area contributed by atoms with Crippen LogP contribution in [0.1, 0.15) is 59.7 Å². The lowest BCUT2D eigenvalue weighted by molar-refractivity contribution is 0.0980. The number of benzene rings is 1. The molecular weight excluding hydrogens is 286 g/mol. The first-order chi connectivity index (χ1) is 9.90. The minimum absolute atomic E-state index is 0.465. The summed E-state index contributed by atoms with van der Waals surface area (Å²) in [6.45, 7) is 3.90. The van der Waals surface area contributed by atoms with Crippen LogP contribution in [0.2, 0.25) is 0 Å². The van der Waals surface area contributed by atoms with Gasteiger partial charge in [-0.3, -0.25) is 4.79 Å². The van der Waals surface area contributed by atoms with Crippen LogP contribution < -0.4 is 4.72 Å². The molecule has 3 rings (SSSR count). The highest BCUT2D eigenvalue weighted by atomic mass is 32.2. The largest absolute Gasteiger partial charge is 0.268 e. The van der Waals surface area contributed by atoms with E-state index in [1.54, 1.807) is 6.07 Å². The lowest BCUT2D eigenvalue weighted by Crippen LogP contribution is -2.39. The predicted octanol–water partition coefficient (Wildman–Crippen LogP) is 2.49. The Morgan fingerprint density at radius 2 is 1.90 bits per heavy atom. The molecule has 0 unspecified atom stereocenters. The maximum absolute atomic E-state index is 12.4. The Morgan fingerprint density at radius 3 is 2.52 bits per heavy atom. The smallest absolute Gasteiger partial charge is 0.265 e. The molecule has 1 aromatic rings. The number of rotatable bonds is 4. The molecule has 1 aromatic carbocycles. The Kier molecular flexibility index (Phi) is 3.35. The van der Waals surface area contributed by atoms with Crippen LogP contribution in [0.15, 0.2) is 12.1 Å². The van der Waals surface area contributed by atoms with Crippen molar-refractivity contribution in [3.63, 3.8) is 0 Å². The monoisotopic (exact) mass is 307 g/mol. The molecule has 0 aliphatic heterocycles. The van der Waals surface area contributed by atoms with Crippen LogP contribution in [-0.2, 0) is 22.9 Å². The molecule has 0 radical (unpaired) electrons. The first kappa shape index (κ1) is 14.6. The normalized spacial score (nSPS) is 19.1. The Balaban J connectivity index is 1.89. The number of aryl methyl sites for hydroxylation is 1. The van der Waals surface area contributed by atoms with E-state index in [0.29, 0.717) is 24.8 Å². The minimum Gasteiger partial charge on any atom is -0.268 e. The molecular formula is C16H21NO3S. The van der Waals surface area contributed by atoms with Gasteiger partial charge in [0.1, 0.15) is 0 Å². The quantitative estimate of drug-likeness (QED) is 0.929. The van der Waals surface area contributed by atoms with Gasteiger partial charge in [0.05, 0.1) is 4.75 Å². The van der Waals surface area contributed by atoms with Crippen molar-refractivity contribution in [2.24, 2.45) is 0 Å². The number of hydrogen-bond acceptors (Lipinski definition) is 3. The van der Waals surface area contributed by atoms with Crippen LogP contribution in [-0.4, -0.2) is 19.1 Å². The van der Waals surface area contributed by atoms with Gasteiger partial charge in [-0.1, -0.05) is 13.0 Å². The first-order valence-corrected chi connectivity index (χ1v) is 9.06. The highest BCUT2D eigenvalue weighted by Gasteiger charge is 2.53. The van der Waals surface area contributed by atoms with Gasteiger partial charge in [0.25, 0.3) is 5.91 Å². The summed E-state index contributed by atoms with van der Waals surface area (Å²) in [6.07, 6.45) is 4.73.